The van der Waals surface area contributed by atoms with Gasteiger partial charge in [-0.05, 0) is 13.0 Å². The number of nitro groups is 1. The molecule has 6 nitrogen and oxygen atoms in total. The molecule has 1 aromatic rings. The molecule has 0 spiro atoms. The van der Waals surface area contributed by atoms with Crippen molar-refractivity contribution in [2.24, 2.45) is 0 Å². The maximum atomic E-state index is 10.6. The molecule has 0 aliphatic carbocycles. The van der Waals surface area contributed by atoms with E-state index in [9.17, 15) is 14.9 Å². The lowest BCUT2D eigenvalue weighted by atomic mass is 10.2. The molecule has 0 heterocycles. The van der Waals surface area contributed by atoms with Crippen LogP contribution in [-0.2, 0) is 0 Å². The highest BCUT2D eigenvalue weighted by atomic mass is 16.6. The van der Waals surface area contributed by atoms with Gasteiger partial charge in [0.25, 0.3) is 5.69 Å². The van der Waals surface area contributed by atoms with Crippen molar-refractivity contribution in [3.8, 4) is 0 Å². The van der Waals surface area contributed by atoms with Gasteiger partial charge in [-0.1, -0.05) is 6.07 Å². The molecule has 0 unspecified atom stereocenters. The van der Waals surface area contributed by atoms with Gasteiger partial charge in [0, 0.05) is 18.7 Å². The topological polar surface area (TPSA) is 83.7 Å². The van der Waals surface area contributed by atoms with Crippen molar-refractivity contribution in [3.63, 3.8) is 0 Å². The first-order valence-corrected chi connectivity index (χ1v) is 4.15. The lowest BCUT2D eigenvalue weighted by Crippen LogP contribution is -2.23. The Morgan fingerprint density at radius 2 is 2.13 bits per heavy atom. The Morgan fingerprint density at radius 1 is 1.53 bits per heavy atom. The van der Waals surface area contributed by atoms with Crippen LogP contribution in [0.4, 0.5) is 16.2 Å². The number of hydrogen-bond donors (Lipinski definition) is 1. The molecule has 0 atom stereocenters. The number of anilines is 1. The SMILES string of the molecule is Cc1ccc(N(C)C(=O)O)cc1[N+](=O)[O-]. The van der Waals surface area contributed by atoms with E-state index in [1.165, 1.54) is 25.2 Å². The molecule has 0 aromatic heterocycles. The summed E-state index contributed by atoms with van der Waals surface area (Å²) in [5.74, 6) is 0. The molecule has 0 saturated heterocycles. The van der Waals surface area contributed by atoms with Crippen LogP contribution in [0.2, 0.25) is 0 Å². The second-order valence-electron chi connectivity index (χ2n) is 3.07. The Balaban J connectivity index is 3.18. The standard InChI is InChI=1S/C9H10N2O4/c1-6-3-4-7(10(2)9(12)13)5-8(6)11(14)15/h3-5H,1-2H3,(H,12,13). The first-order chi connectivity index (χ1) is 6.93. The summed E-state index contributed by atoms with van der Waals surface area (Å²) in [7, 11) is 1.33. The number of amides is 1. The molecular formula is C9H10N2O4. The fraction of sp³-hybridized carbons (Fsp3) is 0.222. The van der Waals surface area contributed by atoms with Crippen molar-refractivity contribution < 1.29 is 14.8 Å². The number of carboxylic acid groups (broad SMARTS) is 1. The van der Waals surface area contributed by atoms with E-state index in [-0.39, 0.29) is 11.4 Å². The van der Waals surface area contributed by atoms with Gasteiger partial charge in [0.1, 0.15) is 0 Å². The molecule has 0 aliphatic rings. The Kier molecular flexibility index (Phi) is 2.89. The van der Waals surface area contributed by atoms with Crippen LogP contribution in [-0.4, -0.2) is 23.2 Å². The lowest BCUT2D eigenvalue weighted by molar-refractivity contribution is -0.385. The molecule has 15 heavy (non-hydrogen) atoms. The second-order valence-corrected chi connectivity index (χ2v) is 3.07. The number of hydrogen-bond acceptors (Lipinski definition) is 3. The van der Waals surface area contributed by atoms with Gasteiger partial charge >= 0.3 is 6.09 Å². The first-order valence-electron chi connectivity index (χ1n) is 4.15. The molecule has 0 aliphatic heterocycles. The zero-order chi connectivity index (χ0) is 11.6. The van der Waals surface area contributed by atoms with E-state index >= 15 is 0 Å². The molecule has 1 rings (SSSR count). The highest BCUT2D eigenvalue weighted by Gasteiger charge is 2.15. The van der Waals surface area contributed by atoms with E-state index in [1.54, 1.807) is 6.92 Å². The van der Waals surface area contributed by atoms with Crippen LogP contribution < -0.4 is 4.90 Å². The van der Waals surface area contributed by atoms with Crippen molar-refractivity contribution >= 4 is 17.5 Å². The van der Waals surface area contributed by atoms with Crippen molar-refractivity contribution in [2.75, 3.05) is 11.9 Å². The molecule has 1 N–H and O–H groups in total. The van der Waals surface area contributed by atoms with Gasteiger partial charge in [0.05, 0.1) is 10.6 Å². The van der Waals surface area contributed by atoms with Crippen molar-refractivity contribution in [2.45, 2.75) is 6.92 Å². The fourth-order valence-corrected chi connectivity index (χ4v) is 1.11. The molecule has 6 heteroatoms. The van der Waals surface area contributed by atoms with Crippen LogP contribution >= 0.6 is 0 Å². The molecule has 0 fully saturated rings. The van der Waals surface area contributed by atoms with Crippen LogP contribution in [0.5, 0.6) is 0 Å². The summed E-state index contributed by atoms with van der Waals surface area (Å²) in [6.07, 6.45) is -1.16. The quantitative estimate of drug-likeness (QED) is 0.597. The van der Waals surface area contributed by atoms with Crippen molar-refractivity contribution in [3.05, 3.63) is 33.9 Å². The van der Waals surface area contributed by atoms with Crippen LogP contribution in [0.1, 0.15) is 5.56 Å². The van der Waals surface area contributed by atoms with Gasteiger partial charge in [0.2, 0.25) is 0 Å². The fourth-order valence-electron chi connectivity index (χ4n) is 1.11. The predicted octanol–water partition coefficient (Wildman–Crippen LogP) is 2.02. The van der Waals surface area contributed by atoms with Gasteiger partial charge in [-0.3, -0.25) is 15.0 Å². The molecule has 0 saturated carbocycles. The average molecular weight is 210 g/mol. The zero-order valence-electron chi connectivity index (χ0n) is 8.30. The summed E-state index contributed by atoms with van der Waals surface area (Å²) in [5.41, 5.74) is 0.697. The third-order valence-electron chi connectivity index (χ3n) is 2.06. The molecule has 80 valence electrons. The number of aryl methyl sites for hydroxylation is 1. The minimum atomic E-state index is -1.16. The van der Waals surface area contributed by atoms with E-state index in [1.807, 2.05) is 0 Å². The van der Waals surface area contributed by atoms with Crippen molar-refractivity contribution in [1.82, 2.24) is 0 Å². The number of rotatable bonds is 2. The Hall–Kier alpha value is -2.11. The maximum absolute atomic E-state index is 10.6. The Bertz CT molecular complexity index is 417. The summed E-state index contributed by atoms with van der Waals surface area (Å²) in [6, 6.07) is 4.28. The molecule has 0 radical (unpaired) electrons. The monoisotopic (exact) mass is 210 g/mol. The highest BCUT2D eigenvalue weighted by Crippen LogP contribution is 2.24. The van der Waals surface area contributed by atoms with Crippen LogP contribution in [0.25, 0.3) is 0 Å². The van der Waals surface area contributed by atoms with Crippen LogP contribution in [0.3, 0.4) is 0 Å². The lowest BCUT2D eigenvalue weighted by Gasteiger charge is -2.12. The first kappa shape index (κ1) is 11.0. The minimum absolute atomic E-state index is 0.0828. The summed E-state index contributed by atoms with van der Waals surface area (Å²) >= 11 is 0. The smallest absolute Gasteiger partial charge is 0.411 e. The number of nitrogens with zero attached hydrogens (tertiary/aromatic N) is 2. The van der Waals surface area contributed by atoms with Gasteiger partial charge < -0.3 is 5.11 Å². The summed E-state index contributed by atoms with van der Waals surface area (Å²) in [6.45, 7) is 1.60. The third-order valence-corrected chi connectivity index (χ3v) is 2.06. The van der Waals surface area contributed by atoms with E-state index in [4.69, 9.17) is 5.11 Å². The number of carbonyl (C=O) groups is 1. The van der Waals surface area contributed by atoms with Crippen LogP contribution in [0.15, 0.2) is 18.2 Å². The van der Waals surface area contributed by atoms with Crippen LogP contribution in [0, 0.1) is 17.0 Å². The number of benzene rings is 1. The van der Waals surface area contributed by atoms with E-state index < -0.39 is 11.0 Å². The van der Waals surface area contributed by atoms with E-state index in [2.05, 4.69) is 0 Å². The van der Waals surface area contributed by atoms with E-state index in [0.717, 1.165) is 4.90 Å². The van der Waals surface area contributed by atoms with Gasteiger partial charge in [-0.2, -0.15) is 0 Å². The summed E-state index contributed by atoms with van der Waals surface area (Å²) in [4.78, 5) is 21.6. The highest BCUT2D eigenvalue weighted by molar-refractivity contribution is 5.85. The zero-order valence-corrected chi connectivity index (χ0v) is 8.30. The average Bonchev–Trinajstić information content (AvgIpc) is 2.16. The third kappa shape index (κ3) is 2.22. The normalized spacial score (nSPS) is 9.73. The summed E-state index contributed by atoms with van der Waals surface area (Å²) in [5, 5.41) is 19.3. The van der Waals surface area contributed by atoms with Gasteiger partial charge in [-0.25, -0.2) is 4.79 Å². The minimum Gasteiger partial charge on any atom is -0.465 e. The predicted molar refractivity (Wildman–Crippen MR) is 54.3 cm³/mol. The number of nitro benzene ring substituents is 1. The van der Waals surface area contributed by atoms with Crippen molar-refractivity contribution in [1.29, 1.82) is 0 Å². The van der Waals surface area contributed by atoms with Gasteiger partial charge in [-0.15, -0.1) is 0 Å². The van der Waals surface area contributed by atoms with E-state index in [0.29, 0.717) is 5.56 Å². The molecular weight excluding hydrogens is 200 g/mol. The largest absolute Gasteiger partial charge is 0.465 e. The summed E-state index contributed by atoms with van der Waals surface area (Å²) < 4.78 is 0. The second kappa shape index (κ2) is 3.95. The Labute approximate surface area is 85.9 Å². The molecule has 0 bridgehead atoms. The molecule has 1 aromatic carbocycles. The maximum Gasteiger partial charge on any atom is 0.411 e. The van der Waals surface area contributed by atoms with Gasteiger partial charge in [0.15, 0.2) is 0 Å². The Morgan fingerprint density at radius 3 is 2.60 bits per heavy atom. The molecule has 1 amide bonds.